The summed E-state index contributed by atoms with van der Waals surface area (Å²) < 4.78 is 0. The monoisotopic (exact) mass is 289 g/mol. The van der Waals surface area contributed by atoms with Crippen LogP contribution < -0.4 is 5.32 Å². The molecule has 110 valence electrons. The number of nitro groups is 1. The number of benzene rings is 1. The quantitative estimate of drug-likeness (QED) is 0.612. The molecule has 1 unspecified atom stereocenters. The van der Waals surface area contributed by atoms with Gasteiger partial charge in [0.2, 0.25) is 5.91 Å². The predicted octanol–water partition coefficient (Wildman–Crippen LogP) is 1.18. The van der Waals surface area contributed by atoms with Gasteiger partial charge in [0.25, 0.3) is 5.69 Å². The molecular weight excluding hydrogens is 274 g/mol. The van der Waals surface area contributed by atoms with Gasteiger partial charge < -0.3 is 5.32 Å². The molecule has 0 spiro atoms. The minimum absolute atomic E-state index is 0.0196. The number of hydrogen-bond acceptors (Lipinski definition) is 5. The van der Waals surface area contributed by atoms with Crippen LogP contribution in [0.2, 0.25) is 0 Å². The van der Waals surface area contributed by atoms with Crippen LogP contribution in [-0.2, 0) is 11.2 Å². The third-order valence-electron chi connectivity index (χ3n) is 3.10. The van der Waals surface area contributed by atoms with Crippen molar-refractivity contribution in [3.05, 3.63) is 52.1 Å². The van der Waals surface area contributed by atoms with Crippen LogP contribution >= 0.6 is 0 Å². The summed E-state index contributed by atoms with van der Waals surface area (Å²) in [5.41, 5.74) is 0.593. The second-order valence-electron chi connectivity index (χ2n) is 4.55. The summed E-state index contributed by atoms with van der Waals surface area (Å²) >= 11 is 0. The Bertz CT molecular complexity index is 626. The molecule has 0 bridgehead atoms. The molecule has 0 aliphatic rings. The first-order valence-electron chi connectivity index (χ1n) is 6.44. The van der Waals surface area contributed by atoms with E-state index in [1.807, 2.05) is 0 Å². The zero-order valence-electron chi connectivity index (χ0n) is 11.4. The summed E-state index contributed by atoms with van der Waals surface area (Å²) in [7, 11) is 0. The maximum atomic E-state index is 12.0. The van der Waals surface area contributed by atoms with Gasteiger partial charge in [0.15, 0.2) is 0 Å². The lowest BCUT2D eigenvalue weighted by Gasteiger charge is -2.12. The van der Waals surface area contributed by atoms with E-state index in [0.717, 1.165) is 0 Å². The second-order valence-corrected chi connectivity index (χ2v) is 4.55. The first-order chi connectivity index (χ1) is 10.1. The maximum absolute atomic E-state index is 12.0. The zero-order valence-corrected chi connectivity index (χ0v) is 11.4. The molecule has 1 aromatic carbocycles. The van der Waals surface area contributed by atoms with E-state index < -0.39 is 10.8 Å². The zero-order chi connectivity index (χ0) is 15.2. The van der Waals surface area contributed by atoms with Crippen molar-refractivity contribution >= 4 is 11.6 Å². The Hall–Kier alpha value is -2.77. The predicted molar refractivity (Wildman–Crippen MR) is 74.6 cm³/mol. The normalized spacial score (nSPS) is 11.9. The Morgan fingerprint density at radius 3 is 3.00 bits per heavy atom. The summed E-state index contributed by atoms with van der Waals surface area (Å²) in [5, 5.41) is 19.9. The third kappa shape index (κ3) is 3.85. The van der Waals surface area contributed by atoms with E-state index in [4.69, 9.17) is 0 Å². The van der Waals surface area contributed by atoms with Crippen LogP contribution in [0, 0.1) is 10.1 Å². The summed E-state index contributed by atoms with van der Waals surface area (Å²) in [6.45, 7) is 2.14. The van der Waals surface area contributed by atoms with Crippen molar-refractivity contribution in [2.45, 2.75) is 19.3 Å². The van der Waals surface area contributed by atoms with Crippen LogP contribution in [-0.4, -0.2) is 32.6 Å². The number of H-pyrrole nitrogens is 1. The number of hydrogen-bond donors (Lipinski definition) is 2. The largest absolute Gasteiger partial charge is 0.355 e. The van der Waals surface area contributed by atoms with Crippen LogP contribution in [0.3, 0.4) is 0 Å². The van der Waals surface area contributed by atoms with Gasteiger partial charge in [-0.2, -0.15) is 5.10 Å². The number of amides is 1. The molecule has 1 heterocycles. The Morgan fingerprint density at radius 1 is 1.52 bits per heavy atom. The van der Waals surface area contributed by atoms with Crippen molar-refractivity contribution in [1.29, 1.82) is 0 Å². The summed E-state index contributed by atoms with van der Waals surface area (Å²) in [4.78, 5) is 26.2. The molecule has 1 amide bonds. The van der Waals surface area contributed by atoms with Crippen LogP contribution in [0.15, 0.2) is 30.6 Å². The summed E-state index contributed by atoms with van der Waals surface area (Å²) in [5.74, 6) is 0.0490. The number of non-ortho nitro benzene ring substituents is 1. The molecule has 0 aliphatic heterocycles. The fourth-order valence-corrected chi connectivity index (χ4v) is 1.87. The Labute approximate surface area is 120 Å². The Balaban J connectivity index is 1.92. The SMILES string of the molecule is CC(C(=O)NCCc1ncn[nH]1)c1cccc([N+](=O)[O-])c1. The fraction of sp³-hybridized carbons (Fsp3) is 0.308. The number of rotatable bonds is 6. The van der Waals surface area contributed by atoms with Crippen LogP contribution in [0.25, 0.3) is 0 Å². The van der Waals surface area contributed by atoms with Gasteiger partial charge in [-0.1, -0.05) is 12.1 Å². The van der Waals surface area contributed by atoms with Crippen molar-refractivity contribution in [3.63, 3.8) is 0 Å². The van der Waals surface area contributed by atoms with Gasteiger partial charge in [-0.25, -0.2) is 4.98 Å². The molecule has 2 rings (SSSR count). The fourth-order valence-electron chi connectivity index (χ4n) is 1.87. The highest BCUT2D eigenvalue weighted by Gasteiger charge is 2.17. The highest BCUT2D eigenvalue weighted by Crippen LogP contribution is 2.20. The Morgan fingerprint density at radius 2 is 2.33 bits per heavy atom. The topological polar surface area (TPSA) is 114 Å². The number of nitrogens with one attached hydrogen (secondary N) is 2. The molecule has 0 aliphatic carbocycles. The van der Waals surface area contributed by atoms with Crippen LogP contribution in [0.1, 0.15) is 24.2 Å². The highest BCUT2D eigenvalue weighted by molar-refractivity contribution is 5.83. The molecule has 0 saturated carbocycles. The smallest absolute Gasteiger partial charge is 0.269 e. The van der Waals surface area contributed by atoms with Crippen LogP contribution in [0.5, 0.6) is 0 Å². The van der Waals surface area contributed by atoms with Gasteiger partial charge >= 0.3 is 0 Å². The average Bonchev–Trinajstić information content (AvgIpc) is 2.99. The first-order valence-corrected chi connectivity index (χ1v) is 6.44. The van der Waals surface area contributed by atoms with Crippen molar-refractivity contribution < 1.29 is 9.72 Å². The molecule has 21 heavy (non-hydrogen) atoms. The molecule has 2 N–H and O–H groups in total. The van der Waals surface area contributed by atoms with Crippen molar-refractivity contribution in [2.75, 3.05) is 6.54 Å². The van der Waals surface area contributed by atoms with Crippen molar-refractivity contribution in [1.82, 2.24) is 20.5 Å². The van der Waals surface area contributed by atoms with E-state index in [1.54, 1.807) is 19.1 Å². The molecule has 1 aromatic heterocycles. The number of carbonyl (C=O) groups excluding carboxylic acids is 1. The first kappa shape index (κ1) is 14.6. The molecule has 0 saturated heterocycles. The Kier molecular flexibility index (Phi) is 4.60. The van der Waals surface area contributed by atoms with Crippen molar-refractivity contribution in [3.8, 4) is 0 Å². The van der Waals surface area contributed by atoms with E-state index >= 15 is 0 Å². The van der Waals surface area contributed by atoms with E-state index in [0.29, 0.717) is 24.4 Å². The number of aromatic nitrogens is 3. The van der Waals surface area contributed by atoms with E-state index in [9.17, 15) is 14.9 Å². The van der Waals surface area contributed by atoms with Crippen LogP contribution in [0.4, 0.5) is 5.69 Å². The van der Waals surface area contributed by atoms with E-state index in [-0.39, 0.29) is 11.6 Å². The molecule has 0 radical (unpaired) electrons. The molecule has 8 heteroatoms. The van der Waals surface area contributed by atoms with E-state index in [2.05, 4.69) is 20.5 Å². The minimum Gasteiger partial charge on any atom is -0.355 e. The highest BCUT2D eigenvalue weighted by atomic mass is 16.6. The third-order valence-corrected chi connectivity index (χ3v) is 3.10. The molecule has 1 atom stereocenters. The van der Waals surface area contributed by atoms with Crippen molar-refractivity contribution in [2.24, 2.45) is 0 Å². The van der Waals surface area contributed by atoms with Gasteiger partial charge in [0, 0.05) is 25.1 Å². The minimum atomic E-state index is -0.474. The standard InChI is InChI=1S/C13H15N5O3/c1-9(10-3-2-4-11(7-10)18(20)21)13(19)14-6-5-12-15-8-16-17-12/h2-4,7-9H,5-6H2,1H3,(H,14,19)(H,15,16,17). The van der Waals surface area contributed by atoms with Gasteiger partial charge in [0.05, 0.1) is 10.8 Å². The molecule has 8 nitrogen and oxygen atoms in total. The molecular formula is C13H15N5O3. The van der Waals surface area contributed by atoms with Gasteiger partial charge in [-0.15, -0.1) is 0 Å². The van der Waals surface area contributed by atoms with E-state index in [1.165, 1.54) is 18.5 Å². The lowest BCUT2D eigenvalue weighted by atomic mass is 10.00. The lowest BCUT2D eigenvalue weighted by molar-refractivity contribution is -0.384. The second kappa shape index (κ2) is 6.60. The lowest BCUT2D eigenvalue weighted by Crippen LogP contribution is -2.30. The van der Waals surface area contributed by atoms with Gasteiger partial charge in [-0.05, 0) is 12.5 Å². The molecule has 0 fully saturated rings. The summed E-state index contributed by atoms with van der Waals surface area (Å²) in [6, 6.07) is 6.10. The maximum Gasteiger partial charge on any atom is 0.269 e. The van der Waals surface area contributed by atoms with Gasteiger partial charge in [0.1, 0.15) is 12.2 Å². The average molecular weight is 289 g/mol. The summed E-state index contributed by atoms with van der Waals surface area (Å²) in [6.07, 6.45) is 1.95. The number of aromatic amines is 1. The van der Waals surface area contributed by atoms with Gasteiger partial charge in [-0.3, -0.25) is 20.0 Å². The number of carbonyl (C=O) groups is 1. The molecule has 2 aromatic rings. The number of nitrogens with zero attached hydrogens (tertiary/aromatic N) is 3. The number of nitro benzene ring substituents is 1.